The van der Waals surface area contributed by atoms with Crippen molar-refractivity contribution in [2.75, 3.05) is 12.4 Å². The topological polar surface area (TPSA) is 201 Å². The number of imidazole rings is 1. The van der Waals surface area contributed by atoms with Gasteiger partial charge in [-0.05, 0) is 75.6 Å². The number of carboxylic acids is 1. The number of carbonyl (C=O) groups is 2. The van der Waals surface area contributed by atoms with Crippen LogP contribution >= 0.6 is 46.4 Å². The standard InChI is InChI=1S/C19H18Cl2FN3O5.C19H16Cl2FN3O4/c1-29-19(26)13-6-7-15(25(27)28)17(16(13)22)24-11-2-4-12(5-3-11)30-18-14(21)8-10(20)9-23-18;20-9-5-13(21)17(23-8-9)29-11-3-1-10(2-4-11)25-16-6-12(18(26)27)14(22)7-15(16)24-19(25)28/h6-9,11-12,24H,2-5H2,1H3;5-8,10-11H,1-4H2,(H,24,28)(H,26,27). The minimum atomic E-state index is -1.38. The lowest BCUT2D eigenvalue weighted by Gasteiger charge is -2.30. The molecule has 3 N–H and O–H groups in total. The molecule has 2 aliphatic carbocycles. The van der Waals surface area contributed by atoms with Crippen molar-refractivity contribution in [2.24, 2.45) is 0 Å². The maximum atomic E-state index is 14.8. The number of aromatic amines is 1. The second-order valence-electron chi connectivity index (χ2n) is 13.7. The van der Waals surface area contributed by atoms with Gasteiger partial charge in [0.25, 0.3) is 5.69 Å². The number of hydrogen-bond acceptors (Lipinski definition) is 11. The van der Waals surface area contributed by atoms with Crippen LogP contribution in [0.1, 0.15) is 78.1 Å². The molecule has 7 rings (SSSR count). The number of benzene rings is 2. The van der Waals surface area contributed by atoms with Crippen LogP contribution in [0, 0.1) is 21.7 Å². The number of methoxy groups -OCH3 is 1. The molecule has 0 radical (unpaired) electrons. The van der Waals surface area contributed by atoms with Crippen molar-refractivity contribution < 1.29 is 42.6 Å². The normalized spacial score (nSPS) is 19.0. The number of esters is 1. The maximum Gasteiger partial charge on any atom is 0.340 e. The van der Waals surface area contributed by atoms with Gasteiger partial charge in [-0.2, -0.15) is 0 Å². The van der Waals surface area contributed by atoms with Crippen molar-refractivity contribution in [3.05, 3.63) is 112 Å². The molecule has 312 valence electrons. The fourth-order valence-electron chi connectivity index (χ4n) is 7.04. The monoisotopic (exact) mass is 896 g/mol. The number of carboxylic acid groups (broad SMARTS) is 1. The van der Waals surface area contributed by atoms with E-state index in [9.17, 15) is 33.3 Å². The van der Waals surface area contributed by atoms with E-state index >= 15 is 0 Å². The molecular weight excluding hydrogens is 864 g/mol. The van der Waals surface area contributed by atoms with E-state index in [4.69, 9.17) is 61.0 Å². The van der Waals surface area contributed by atoms with Crippen LogP contribution in [0.3, 0.4) is 0 Å². The summed E-state index contributed by atoms with van der Waals surface area (Å²) >= 11 is 23.8. The summed E-state index contributed by atoms with van der Waals surface area (Å²) in [6.45, 7) is 0. The first kappa shape index (κ1) is 43.4. The lowest BCUT2D eigenvalue weighted by molar-refractivity contribution is -0.384. The number of H-pyrrole nitrogens is 1. The molecule has 2 aliphatic rings. The lowest BCUT2D eigenvalue weighted by Crippen LogP contribution is -2.32. The zero-order valence-electron chi connectivity index (χ0n) is 30.9. The Morgan fingerprint density at radius 2 is 1.44 bits per heavy atom. The van der Waals surface area contributed by atoms with E-state index in [2.05, 4.69) is 25.0 Å². The Morgan fingerprint density at radius 3 is 1.95 bits per heavy atom. The summed E-state index contributed by atoms with van der Waals surface area (Å²) in [7, 11) is 1.11. The highest BCUT2D eigenvalue weighted by Crippen LogP contribution is 2.36. The predicted molar refractivity (Wildman–Crippen MR) is 215 cm³/mol. The number of ether oxygens (including phenoxy) is 3. The van der Waals surface area contributed by atoms with Crippen LogP contribution in [0.15, 0.2) is 53.6 Å². The quantitative estimate of drug-likeness (QED) is 0.0682. The number of nitro groups is 1. The SMILES string of the molecule is COC(=O)c1ccc([N+](=O)[O-])c(NC2CCC(Oc3ncc(Cl)cc3Cl)CC2)c1F.O=C(O)c1cc2c(cc1F)[nH]c(=O)n2C1CCC(Oc2ncc(Cl)cc2Cl)CC1. The Morgan fingerprint density at radius 1 is 0.881 bits per heavy atom. The average Bonchev–Trinajstić information content (AvgIpc) is 3.52. The number of pyridine rings is 2. The maximum absolute atomic E-state index is 14.8. The molecule has 5 aromatic rings. The van der Waals surface area contributed by atoms with Gasteiger partial charge in [0.15, 0.2) is 11.5 Å². The number of halogens is 6. The molecule has 21 heteroatoms. The van der Waals surface area contributed by atoms with Crippen molar-refractivity contribution in [2.45, 2.75) is 75.7 Å². The van der Waals surface area contributed by atoms with E-state index in [1.807, 2.05) is 0 Å². The van der Waals surface area contributed by atoms with Gasteiger partial charge in [0.1, 0.15) is 28.1 Å². The summed E-state index contributed by atoms with van der Waals surface area (Å²) in [6, 6.07) is 7.07. The summed E-state index contributed by atoms with van der Waals surface area (Å²) in [5.74, 6) is -3.59. The van der Waals surface area contributed by atoms with Gasteiger partial charge in [-0.1, -0.05) is 46.4 Å². The number of nitrogens with zero attached hydrogens (tertiary/aromatic N) is 4. The smallest absolute Gasteiger partial charge is 0.340 e. The number of nitro benzene ring substituents is 1. The Balaban J connectivity index is 0.000000198. The van der Waals surface area contributed by atoms with E-state index < -0.39 is 45.4 Å². The molecule has 0 bridgehead atoms. The lowest BCUT2D eigenvalue weighted by atomic mass is 9.92. The van der Waals surface area contributed by atoms with Crippen molar-refractivity contribution in [1.82, 2.24) is 19.5 Å². The number of fused-ring (bicyclic) bond motifs is 1. The Bertz CT molecular complexity index is 2450. The van der Waals surface area contributed by atoms with E-state index in [0.717, 1.165) is 25.3 Å². The molecule has 3 aromatic heterocycles. The van der Waals surface area contributed by atoms with Gasteiger partial charge in [0.05, 0.1) is 44.2 Å². The van der Waals surface area contributed by atoms with Gasteiger partial charge in [0, 0.05) is 36.6 Å². The van der Waals surface area contributed by atoms with Crippen LogP contribution in [0.4, 0.5) is 20.2 Å². The highest BCUT2D eigenvalue weighted by molar-refractivity contribution is 6.35. The molecule has 0 unspecified atom stereocenters. The summed E-state index contributed by atoms with van der Waals surface area (Å²) in [5, 5.41) is 24.8. The van der Waals surface area contributed by atoms with Crippen LogP contribution in [0.5, 0.6) is 11.8 Å². The highest BCUT2D eigenvalue weighted by Gasteiger charge is 2.31. The van der Waals surface area contributed by atoms with Crippen LogP contribution in [0.25, 0.3) is 11.0 Å². The summed E-state index contributed by atoms with van der Waals surface area (Å²) in [5.41, 5.74) is -1.36. The molecular formula is C38H34Cl4F2N6O9. The van der Waals surface area contributed by atoms with Gasteiger partial charge in [0.2, 0.25) is 11.8 Å². The second-order valence-corrected chi connectivity index (χ2v) is 15.4. The first-order chi connectivity index (χ1) is 28.1. The highest BCUT2D eigenvalue weighted by atomic mass is 35.5. The van der Waals surface area contributed by atoms with Crippen molar-refractivity contribution in [3.8, 4) is 11.8 Å². The third-order valence-corrected chi connectivity index (χ3v) is 10.8. The number of aromatic nitrogens is 4. The minimum Gasteiger partial charge on any atom is -0.478 e. The minimum absolute atomic E-state index is 0.120. The first-order valence-electron chi connectivity index (χ1n) is 18.1. The van der Waals surface area contributed by atoms with Crippen molar-refractivity contribution in [3.63, 3.8) is 0 Å². The molecule has 2 aromatic carbocycles. The van der Waals surface area contributed by atoms with E-state index in [-0.39, 0.29) is 46.9 Å². The molecule has 0 spiro atoms. The van der Waals surface area contributed by atoms with E-state index in [1.54, 1.807) is 6.07 Å². The summed E-state index contributed by atoms with van der Waals surface area (Å²) < 4.78 is 46.4. The number of nitrogens with one attached hydrogen (secondary N) is 2. The summed E-state index contributed by atoms with van der Waals surface area (Å²) in [4.78, 5) is 56.8. The van der Waals surface area contributed by atoms with Crippen LogP contribution < -0.4 is 20.5 Å². The van der Waals surface area contributed by atoms with Gasteiger partial charge in [-0.25, -0.2) is 33.1 Å². The average molecular weight is 899 g/mol. The van der Waals surface area contributed by atoms with Crippen LogP contribution in [0.2, 0.25) is 20.1 Å². The zero-order valence-corrected chi connectivity index (χ0v) is 33.9. The Hall–Kier alpha value is -5.23. The van der Waals surface area contributed by atoms with Gasteiger partial charge < -0.3 is 29.6 Å². The first-order valence-corrected chi connectivity index (χ1v) is 19.6. The van der Waals surface area contributed by atoms with Crippen molar-refractivity contribution >= 4 is 80.8 Å². The second kappa shape index (κ2) is 18.8. The molecule has 2 fully saturated rings. The van der Waals surface area contributed by atoms with Crippen LogP contribution in [-0.4, -0.2) is 66.8 Å². The molecule has 0 aliphatic heterocycles. The molecule has 0 atom stereocenters. The molecule has 15 nitrogen and oxygen atoms in total. The number of anilines is 1. The number of carbonyl (C=O) groups excluding carboxylic acids is 1. The number of aromatic carboxylic acids is 1. The zero-order chi connectivity index (χ0) is 42.5. The van der Waals surface area contributed by atoms with Crippen LogP contribution in [-0.2, 0) is 4.74 Å². The van der Waals surface area contributed by atoms with Crippen molar-refractivity contribution in [1.29, 1.82) is 0 Å². The number of rotatable bonds is 10. The third kappa shape index (κ3) is 10.1. The Kier molecular flexibility index (Phi) is 13.8. The molecule has 3 heterocycles. The van der Waals surface area contributed by atoms with E-state index in [0.29, 0.717) is 82.9 Å². The third-order valence-electron chi connectivity index (χ3n) is 9.89. The van der Waals surface area contributed by atoms with Gasteiger partial charge >= 0.3 is 17.6 Å². The molecule has 2 saturated carbocycles. The van der Waals surface area contributed by atoms with Gasteiger partial charge in [-0.3, -0.25) is 14.7 Å². The largest absolute Gasteiger partial charge is 0.478 e. The fourth-order valence-corrected chi connectivity index (χ4v) is 7.89. The Labute approximate surface area is 353 Å². The molecule has 0 amide bonds. The fraction of sp³-hybridized carbons (Fsp3) is 0.342. The molecule has 59 heavy (non-hydrogen) atoms. The summed E-state index contributed by atoms with van der Waals surface area (Å²) in [6.07, 6.45) is 7.50. The van der Waals surface area contributed by atoms with E-state index in [1.165, 1.54) is 29.1 Å². The molecule has 0 saturated heterocycles. The van der Waals surface area contributed by atoms with Gasteiger partial charge in [-0.15, -0.1) is 0 Å². The predicted octanol–water partition coefficient (Wildman–Crippen LogP) is 9.46. The number of hydrogen-bond donors (Lipinski definition) is 3.